The number of piperidine rings is 1. The average molecular weight is 399 g/mol. The van der Waals surface area contributed by atoms with Crippen molar-refractivity contribution in [1.29, 1.82) is 0 Å². The van der Waals surface area contributed by atoms with E-state index < -0.39 is 6.04 Å². The van der Waals surface area contributed by atoms with E-state index in [1.54, 1.807) is 22.5 Å². The number of amides is 2. The van der Waals surface area contributed by atoms with E-state index in [2.05, 4.69) is 15.5 Å². The van der Waals surface area contributed by atoms with Crippen molar-refractivity contribution >= 4 is 11.8 Å². The summed E-state index contributed by atoms with van der Waals surface area (Å²) < 4.78 is 6.70. The first-order valence-electron chi connectivity index (χ1n) is 10.0. The molecule has 1 saturated heterocycles. The van der Waals surface area contributed by atoms with Gasteiger partial charge in [0.2, 0.25) is 17.7 Å². The number of aromatic nitrogens is 3. The van der Waals surface area contributed by atoms with Gasteiger partial charge in [-0.1, -0.05) is 18.1 Å². The quantitative estimate of drug-likeness (QED) is 0.791. The number of aryl methyl sites for hydroxylation is 1. The number of nitrogens with one attached hydrogen (secondary N) is 1. The van der Waals surface area contributed by atoms with Crippen LogP contribution < -0.4 is 10.9 Å². The van der Waals surface area contributed by atoms with Crippen LogP contribution in [0.2, 0.25) is 0 Å². The number of nitrogens with zero attached hydrogens (tertiary/aromatic N) is 4. The zero-order chi connectivity index (χ0) is 20.5. The third-order valence-electron chi connectivity index (χ3n) is 5.82. The van der Waals surface area contributed by atoms with Gasteiger partial charge >= 0.3 is 0 Å². The van der Waals surface area contributed by atoms with Crippen LogP contribution in [0.25, 0.3) is 0 Å². The van der Waals surface area contributed by atoms with Crippen molar-refractivity contribution in [2.45, 2.75) is 45.1 Å². The van der Waals surface area contributed by atoms with E-state index in [0.29, 0.717) is 44.2 Å². The van der Waals surface area contributed by atoms with Gasteiger partial charge in [0.15, 0.2) is 5.82 Å². The normalized spacial score (nSPS) is 22.8. The second-order valence-electron chi connectivity index (χ2n) is 7.72. The standard InChI is InChI=1S/C20H25N5O4/c1-3-17-22-16(23-29-17)7-8-21-20(28)19-14-9-13(10-24(11-14)12(2)26)15-5-4-6-18(27)25(15)19/h4-6,13-14,19H,3,7-11H2,1-2H3,(H,21,28)/t13-,14+,19-/m1/s1. The summed E-state index contributed by atoms with van der Waals surface area (Å²) >= 11 is 0. The molecule has 3 atom stereocenters. The lowest BCUT2D eigenvalue weighted by molar-refractivity contribution is -0.135. The molecule has 2 bridgehead atoms. The minimum Gasteiger partial charge on any atom is -0.354 e. The summed E-state index contributed by atoms with van der Waals surface area (Å²) in [4.78, 5) is 43.7. The molecule has 9 nitrogen and oxygen atoms in total. The fourth-order valence-corrected chi connectivity index (χ4v) is 4.47. The van der Waals surface area contributed by atoms with Crippen LogP contribution >= 0.6 is 0 Å². The molecule has 29 heavy (non-hydrogen) atoms. The van der Waals surface area contributed by atoms with Crippen molar-refractivity contribution in [3.63, 3.8) is 0 Å². The zero-order valence-electron chi connectivity index (χ0n) is 16.6. The number of hydrogen-bond acceptors (Lipinski definition) is 6. The lowest BCUT2D eigenvalue weighted by Gasteiger charge is -2.46. The molecule has 2 aliphatic heterocycles. The van der Waals surface area contributed by atoms with Gasteiger partial charge in [-0.3, -0.25) is 19.0 Å². The Labute approximate surface area is 168 Å². The smallest absolute Gasteiger partial charge is 0.251 e. The van der Waals surface area contributed by atoms with Gasteiger partial charge in [-0.2, -0.15) is 4.98 Å². The maximum atomic E-state index is 13.1. The van der Waals surface area contributed by atoms with Gasteiger partial charge in [0, 0.05) is 63.0 Å². The maximum absolute atomic E-state index is 13.1. The monoisotopic (exact) mass is 399 g/mol. The lowest BCUT2D eigenvalue weighted by atomic mass is 9.78. The predicted molar refractivity (Wildman–Crippen MR) is 103 cm³/mol. The van der Waals surface area contributed by atoms with E-state index in [1.165, 1.54) is 6.07 Å². The number of pyridine rings is 1. The van der Waals surface area contributed by atoms with Crippen LogP contribution in [0, 0.1) is 5.92 Å². The molecule has 1 fully saturated rings. The summed E-state index contributed by atoms with van der Waals surface area (Å²) in [5.74, 6) is 0.868. The van der Waals surface area contributed by atoms with Gasteiger partial charge in [-0.15, -0.1) is 0 Å². The second kappa shape index (κ2) is 7.81. The molecule has 0 saturated carbocycles. The highest BCUT2D eigenvalue weighted by Crippen LogP contribution is 2.41. The largest absolute Gasteiger partial charge is 0.354 e. The van der Waals surface area contributed by atoms with E-state index in [-0.39, 0.29) is 29.2 Å². The van der Waals surface area contributed by atoms with Crippen LogP contribution in [0.4, 0.5) is 0 Å². The fourth-order valence-electron chi connectivity index (χ4n) is 4.47. The van der Waals surface area contributed by atoms with Crippen molar-refractivity contribution in [2.24, 2.45) is 5.92 Å². The third kappa shape index (κ3) is 3.68. The van der Waals surface area contributed by atoms with E-state index >= 15 is 0 Å². The first kappa shape index (κ1) is 19.4. The molecule has 2 aromatic rings. The van der Waals surface area contributed by atoms with Crippen molar-refractivity contribution in [3.8, 4) is 0 Å². The Balaban J connectivity index is 1.54. The molecule has 4 heterocycles. The highest BCUT2D eigenvalue weighted by molar-refractivity contribution is 5.81. The fraction of sp³-hybridized carbons (Fsp3) is 0.550. The SMILES string of the molecule is CCc1nc(CCNC(=O)[C@H]2[C@H]3C[C@H](CN(C(C)=O)C3)c3cccc(=O)n32)no1. The van der Waals surface area contributed by atoms with Gasteiger partial charge in [-0.25, -0.2) is 0 Å². The summed E-state index contributed by atoms with van der Waals surface area (Å²) in [5, 5.41) is 6.81. The Morgan fingerprint density at radius 2 is 2.14 bits per heavy atom. The van der Waals surface area contributed by atoms with Gasteiger partial charge in [0.1, 0.15) is 6.04 Å². The van der Waals surface area contributed by atoms with Crippen LogP contribution in [0.15, 0.2) is 27.5 Å². The summed E-state index contributed by atoms with van der Waals surface area (Å²) in [7, 11) is 0. The molecule has 9 heteroatoms. The van der Waals surface area contributed by atoms with Crippen molar-refractivity contribution < 1.29 is 14.1 Å². The molecule has 2 aliphatic rings. The van der Waals surface area contributed by atoms with Crippen molar-refractivity contribution in [2.75, 3.05) is 19.6 Å². The van der Waals surface area contributed by atoms with Gasteiger partial charge in [-0.05, 0) is 12.5 Å². The second-order valence-corrected chi connectivity index (χ2v) is 7.72. The summed E-state index contributed by atoms with van der Waals surface area (Å²) in [6.45, 7) is 4.89. The topological polar surface area (TPSA) is 110 Å². The van der Waals surface area contributed by atoms with Crippen LogP contribution in [-0.4, -0.2) is 51.1 Å². The number of rotatable bonds is 5. The first-order valence-corrected chi connectivity index (χ1v) is 10.0. The number of fused-ring (bicyclic) bond motifs is 4. The van der Waals surface area contributed by atoms with Crippen LogP contribution in [0.5, 0.6) is 0 Å². The molecule has 0 spiro atoms. The Hall–Kier alpha value is -2.97. The van der Waals surface area contributed by atoms with E-state index in [1.807, 2.05) is 13.0 Å². The molecule has 0 aliphatic carbocycles. The third-order valence-corrected chi connectivity index (χ3v) is 5.82. The molecular formula is C20H25N5O4. The molecule has 154 valence electrons. The van der Waals surface area contributed by atoms with E-state index in [0.717, 1.165) is 12.1 Å². The Morgan fingerprint density at radius 3 is 2.86 bits per heavy atom. The summed E-state index contributed by atoms with van der Waals surface area (Å²) in [6.07, 6.45) is 1.90. The molecule has 0 unspecified atom stereocenters. The highest BCUT2D eigenvalue weighted by atomic mass is 16.5. The Bertz CT molecular complexity index is 981. The number of hydrogen-bond donors (Lipinski definition) is 1. The number of likely N-dealkylation sites (tertiary alicyclic amines) is 1. The van der Waals surface area contributed by atoms with E-state index in [4.69, 9.17) is 4.52 Å². The maximum Gasteiger partial charge on any atom is 0.251 e. The summed E-state index contributed by atoms with van der Waals surface area (Å²) in [6, 6.07) is 4.46. The Kier molecular flexibility index (Phi) is 5.21. The van der Waals surface area contributed by atoms with Gasteiger partial charge < -0.3 is 14.7 Å². The molecule has 4 rings (SSSR count). The van der Waals surface area contributed by atoms with Crippen molar-refractivity contribution in [1.82, 2.24) is 24.9 Å². The van der Waals surface area contributed by atoms with Gasteiger partial charge in [0.05, 0.1) is 0 Å². The molecule has 2 amide bonds. The van der Waals surface area contributed by atoms with Crippen LogP contribution in [0.1, 0.15) is 49.6 Å². The molecule has 1 N–H and O–H groups in total. The number of carbonyl (C=O) groups is 2. The zero-order valence-corrected chi connectivity index (χ0v) is 16.6. The van der Waals surface area contributed by atoms with Crippen LogP contribution in [0.3, 0.4) is 0 Å². The average Bonchev–Trinajstić information content (AvgIpc) is 3.16. The van der Waals surface area contributed by atoms with Gasteiger partial charge in [0.25, 0.3) is 5.56 Å². The molecule has 0 radical (unpaired) electrons. The molecular weight excluding hydrogens is 374 g/mol. The van der Waals surface area contributed by atoms with Crippen LogP contribution in [-0.2, 0) is 22.4 Å². The Morgan fingerprint density at radius 1 is 1.31 bits per heavy atom. The summed E-state index contributed by atoms with van der Waals surface area (Å²) in [5.41, 5.74) is 0.644. The minimum absolute atomic E-state index is 0.00517. The predicted octanol–water partition coefficient (Wildman–Crippen LogP) is 0.659. The van der Waals surface area contributed by atoms with Crippen molar-refractivity contribution in [3.05, 3.63) is 46.0 Å². The van der Waals surface area contributed by atoms with E-state index in [9.17, 15) is 14.4 Å². The lowest BCUT2D eigenvalue weighted by Crippen LogP contribution is -2.54. The molecule has 2 aromatic heterocycles. The highest BCUT2D eigenvalue weighted by Gasteiger charge is 2.44. The molecule has 0 aromatic carbocycles. The first-order chi connectivity index (χ1) is 14.0. The minimum atomic E-state index is -0.631. The number of carbonyl (C=O) groups excluding carboxylic acids is 2.